The van der Waals surface area contributed by atoms with E-state index in [-0.39, 0.29) is 23.7 Å². The number of esters is 1. The van der Waals surface area contributed by atoms with E-state index in [2.05, 4.69) is 10.6 Å². The molecule has 0 saturated heterocycles. The van der Waals surface area contributed by atoms with Crippen molar-refractivity contribution in [2.75, 3.05) is 24.2 Å². The number of rotatable bonds is 6. The number of amides is 2. The smallest absolute Gasteiger partial charge is 0.340 e. The zero-order chi connectivity index (χ0) is 20.0. The SMILES string of the molecule is Cc1cccc(NC(=O)CNC(=O)COC(=O)c2ccc(Cl)cc2N)c1C. The lowest BCUT2D eigenvalue weighted by molar-refractivity contribution is -0.126. The highest BCUT2D eigenvalue weighted by Crippen LogP contribution is 2.19. The molecule has 0 bridgehead atoms. The molecule has 7 nitrogen and oxygen atoms in total. The second kappa shape index (κ2) is 9.05. The summed E-state index contributed by atoms with van der Waals surface area (Å²) >= 11 is 5.76. The van der Waals surface area contributed by atoms with Gasteiger partial charge in [-0.1, -0.05) is 23.7 Å². The van der Waals surface area contributed by atoms with Crippen molar-refractivity contribution in [2.24, 2.45) is 0 Å². The second-order valence-electron chi connectivity index (χ2n) is 5.88. The number of aryl methyl sites for hydroxylation is 1. The predicted molar refractivity (Wildman–Crippen MR) is 104 cm³/mol. The molecular weight excluding hydrogens is 370 g/mol. The van der Waals surface area contributed by atoms with Crippen LogP contribution in [0.5, 0.6) is 0 Å². The van der Waals surface area contributed by atoms with Gasteiger partial charge in [-0.15, -0.1) is 0 Å². The molecule has 0 spiro atoms. The monoisotopic (exact) mass is 389 g/mol. The minimum absolute atomic E-state index is 0.111. The Bertz CT molecular complexity index is 883. The second-order valence-corrected chi connectivity index (χ2v) is 6.32. The highest BCUT2D eigenvalue weighted by molar-refractivity contribution is 6.31. The maximum Gasteiger partial charge on any atom is 0.340 e. The van der Waals surface area contributed by atoms with Crippen LogP contribution in [0.25, 0.3) is 0 Å². The van der Waals surface area contributed by atoms with E-state index in [0.717, 1.165) is 11.1 Å². The molecule has 0 aliphatic rings. The summed E-state index contributed by atoms with van der Waals surface area (Å²) in [5.41, 5.74) is 8.63. The number of nitrogen functional groups attached to an aromatic ring is 1. The maximum atomic E-state index is 12.0. The highest BCUT2D eigenvalue weighted by Gasteiger charge is 2.14. The highest BCUT2D eigenvalue weighted by atomic mass is 35.5. The molecule has 2 amide bonds. The summed E-state index contributed by atoms with van der Waals surface area (Å²) in [4.78, 5) is 35.7. The number of ether oxygens (including phenoxy) is 1. The molecule has 8 heteroatoms. The molecule has 0 saturated carbocycles. The lowest BCUT2D eigenvalue weighted by atomic mass is 10.1. The van der Waals surface area contributed by atoms with Gasteiger partial charge < -0.3 is 21.1 Å². The van der Waals surface area contributed by atoms with E-state index in [9.17, 15) is 14.4 Å². The zero-order valence-electron chi connectivity index (χ0n) is 15.0. The van der Waals surface area contributed by atoms with E-state index in [0.29, 0.717) is 10.7 Å². The molecule has 27 heavy (non-hydrogen) atoms. The van der Waals surface area contributed by atoms with E-state index in [1.165, 1.54) is 18.2 Å². The lowest BCUT2D eigenvalue weighted by Crippen LogP contribution is -2.35. The quantitative estimate of drug-likeness (QED) is 0.519. The van der Waals surface area contributed by atoms with Gasteiger partial charge in [-0.05, 0) is 49.2 Å². The summed E-state index contributed by atoms with van der Waals surface area (Å²) in [7, 11) is 0. The minimum Gasteiger partial charge on any atom is -0.452 e. The van der Waals surface area contributed by atoms with E-state index in [1.54, 1.807) is 6.07 Å². The first kappa shape index (κ1) is 20.3. The number of halogens is 1. The van der Waals surface area contributed by atoms with Gasteiger partial charge in [0.15, 0.2) is 6.61 Å². The normalized spacial score (nSPS) is 10.2. The van der Waals surface area contributed by atoms with Crippen LogP contribution in [0.1, 0.15) is 21.5 Å². The van der Waals surface area contributed by atoms with Crippen molar-refractivity contribution < 1.29 is 19.1 Å². The van der Waals surface area contributed by atoms with Gasteiger partial charge in [0.25, 0.3) is 5.91 Å². The number of nitrogens with two attached hydrogens (primary N) is 1. The summed E-state index contributed by atoms with van der Waals surface area (Å²) in [6.07, 6.45) is 0. The van der Waals surface area contributed by atoms with E-state index >= 15 is 0 Å². The van der Waals surface area contributed by atoms with Crippen molar-refractivity contribution >= 4 is 40.8 Å². The van der Waals surface area contributed by atoms with Crippen molar-refractivity contribution in [3.8, 4) is 0 Å². The molecule has 0 unspecified atom stereocenters. The van der Waals surface area contributed by atoms with Gasteiger partial charge in [0, 0.05) is 16.4 Å². The van der Waals surface area contributed by atoms with Crippen LogP contribution in [0, 0.1) is 13.8 Å². The Morgan fingerprint density at radius 1 is 1.11 bits per heavy atom. The van der Waals surface area contributed by atoms with Crippen LogP contribution in [-0.4, -0.2) is 30.9 Å². The van der Waals surface area contributed by atoms with Crippen LogP contribution >= 0.6 is 11.6 Å². The third-order valence-electron chi connectivity index (χ3n) is 3.89. The number of nitrogens with one attached hydrogen (secondary N) is 2. The largest absolute Gasteiger partial charge is 0.452 e. The molecule has 142 valence electrons. The van der Waals surface area contributed by atoms with Crippen molar-refractivity contribution in [1.82, 2.24) is 5.32 Å². The van der Waals surface area contributed by atoms with Crippen LogP contribution in [-0.2, 0) is 14.3 Å². The standard InChI is InChI=1S/C19H20ClN3O4/c1-11-4-3-5-16(12(11)2)23-17(24)9-22-18(25)10-27-19(26)14-7-6-13(20)8-15(14)21/h3-8H,9-10,21H2,1-2H3,(H,22,25)(H,23,24). The van der Waals surface area contributed by atoms with Gasteiger partial charge in [0.05, 0.1) is 12.1 Å². The summed E-state index contributed by atoms with van der Waals surface area (Å²) < 4.78 is 4.89. The third-order valence-corrected chi connectivity index (χ3v) is 4.13. The fraction of sp³-hybridized carbons (Fsp3) is 0.211. The van der Waals surface area contributed by atoms with Crippen molar-refractivity contribution in [3.05, 3.63) is 58.1 Å². The maximum absolute atomic E-state index is 12.0. The fourth-order valence-corrected chi connectivity index (χ4v) is 2.42. The van der Waals surface area contributed by atoms with Gasteiger partial charge in [-0.3, -0.25) is 9.59 Å². The Hall–Kier alpha value is -3.06. The molecule has 2 rings (SSSR count). The summed E-state index contributed by atoms with van der Waals surface area (Å²) in [6, 6.07) is 9.87. The number of anilines is 2. The van der Waals surface area contributed by atoms with Crippen molar-refractivity contribution in [1.29, 1.82) is 0 Å². The van der Waals surface area contributed by atoms with Crippen molar-refractivity contribution in [2.45, 2.75) is 13.8 Å². The molecule has 2 aromatic carbocycles. The fourth-order valence-electron chi connectivity index (χ4n) is 2.24. The van der Waals surface area contributed by atoms with Crippen molar-refractivity contribution in [3.63, 3.8) is 0 Å². The van der Waals surface area contributed by atoms with Gasteiger partial charge in [0.2, 0.25) is 5.91 Å². The molecule has 0 heterocycles. The molecule has 0 aromatic heterocycles. The zero-order valence-corrected chi connectivity index (χ0v) is 15.7. The van der Waals surface area contributed by atoms with Crippen LogP contribution in [0.4, 0.5) is 11.4 Å². The molecule has 0 aliphatic carbocycles. The first-order valence-electron chi connectivity index (χ1n) is 8.13. The number of carbonyl (C=O) groups is 3. The molecular formula is C19H20ClN3O4. The molecule has 2 aromatic rings. The molecule has 0 radical (unpaired) electrons. The number of carbonyl (C=O) groups excluding carboxylic acids is 3. The Labute approximate surface area is 161 Å². The first-order valence-corrected chi connectivity index (χ1v) is 8.50. The topological polar surface area (TPSA) is 111 Å². The molecule has 0 fully saturated rings. The van der Waals surface area contributed by atoms with Gasteiger partial charge in [-0.25, -0.2) is 4.79 Å². The van der Waals surface area contributed by atoms with Gasteiger partial charge in [-0.2, -0.15) is 0 Å². The van der Waals surface area contributed by atoms with Crippen LogP contribution in [0.2, 0.25) is 5.02 Å². The third kappa shape index (κ3) is 5.72. The Balaban J connectivity index is 1.79. The van der Waals surface area contributed by atoms with E-state index < -0.39 is 18.5 Å². The summed E-state index contributed by atoms with van der Waals surface area (Å²) in [6.45, 7) is 3.06. The Morgan fingerprint density at radius 2 is 1.85 bits per heavy atom. The minimum atomic E-state index is -0.751. The van der Waals surface area contributed by atoms with Gasteiger partial charge >= 0.3 is 5.97 Å². The molecule has 0 atom stereocenters. The van der Waals surface area contributed by atoms with Crippen LogP contribution in [0.15, 0.2) is 36.4 Å². The van der Waals surface area contributed by atoms with Crippen LogP contribution in [0.3, 0.4) is 0 Å². The Morgan fingerprint density at radius 3 is 2.56 bits per heavy atom. The van der Waals surface area contributed by atoms with Gasteiger partial charge in [0.1, 0.15) is 0 Å². The number of benzene rings is 2. The molecule has 0 aliphatic heterocycles. The summed E-state index contributed by atoms with van der Waals surface area (Å²) in [5.74, 6) is -1.74. The first-order chi connectivity index (χ1) is 12.8. The Kier molecular flexibility index (Phi) is 6.79. The molecule has 4 N–H and O–H groups in total. The van der Waals surface area contributed by atoms with E-state index in [4.69, 9.17) is 22.1 Å². The predicted octanol–water partition coefficient (Wildman–Crippen LogP) is 2.45. The number of hydrogen-bond acceptors (Lipinski definition) is 5. The van der Waals surface area contributed by atoms with E-state index in [1.807, 2.05) is 26.0 Å². The lowest BCUT2D eigenvalue weighted by Gasteiger charge is -2.11. The number of hydrogen-bond donors (Lipinski definition) is 3. The average Bonchev–Trinajstić information content (AvgIpc) is 2.62. The summed E-state index contributed by atoms with van der Waals surface area (Å²) in [5, 5.41) is 5.49. The van der Waals surface area contributed by atoms with Crippen LogP contribution < -0.4 is 16.4 Å². The average molecular weight is 390 g/mol.